The largest absolute Gasteiger partial charge is 0.472 e. The number of amides is 1. The van der Waals surface area contributed by atoms with Crippen LogP contribution in [0.3, 0.4) is 0 Å². The number of nitrogens with zero attached hydrogens (tertiary/aromatic N) is 3. The van der Waals surface area contributed by atoms with Crippen LogP contribution >= 0.6 is 0 Å². The SMILES string of the molecule is CC(c1noc(C2CCN(C(=O)c3ccoc3)CC2)n1)C1CC1. The van der Waals surface area contributed by atoms with Crippen LogP contribution in [0.2, 0.25) is 0 Å². The van der Waals surface area contributed by atoms with Crippen molar-refractivity contribution in [2.24, 2.45) is 5.92 Å². The first-order valence-corrected chi connectivity index (χ1v) is 8.37. The molecule has 122 valence electrons. The minimum atomic E-state index is 0.0331. The summed E-state index contributed by atoms with van der Waals surface area (Å²) < 4.78 is 10.5. The first-order valence-electron chi connectivity index (χ1n) is 8.37. The molecular formula is C17H21N3O3. The average Bonchev–Trinajstić information content (AvgIpc) is 3.09. The molecule has 1 atom stereocenters. The predicted octanol–water partition coefficient (Wildman–Crippen LogP) is 3.20. The van der Waals surface area contributed by atoms with Crippen LogP contribution in [0.4, 0.5) is 0 Å². The van der Waals surface area contributed by atoms with Crippen molar-refractivity contribution in [3.8, 4) is 0 Å². The smallest absolute Gasteiger partial charge is 0.257 e. The predicted molar refractivity (Wildman–Crippen MR) is 82.0 cm³/mol. The van der Waals surface area contributed by atoms with Crippen LogP contribution in [0, 0.1) is 5.92 Å². The summed E-state index contributed by atoms with van der Waals surface area (Å²) >= 11 is 0. The molecule has 2 aliphatic rings. The van der Waals surface area contributed by atoms with E-state index in [2.05, 4.69) is 17.1 Å². The van der Waals surface area contributed by atoms with E-state index in [0.717, 1.165) is 30.5 Å². The Morgan fingerprint density at radius 1 is 1.30 bits per heavy atom. The number of hydrogen-bond donors (Lipinski definition) is 0. The zero-order valence-electron chi connectivity index (χ0n) is 13.3. The fourth-order valence-electron chi connectivity index (χ4n) is 3.30. The van der Waals surface area contributed by atoms with Gasteiger partial charge in [-0.3, -0.25) is 4.79 Å². The van der Waals surface area contributed by atoms with Gasteiger partial charge in [0.2, 0.25) is 5.89 Å². The summed E-state index contributed by atoms with van der Waals surface area (Å²) in [5, 5.41) is 4.17. The van der Waals surface area contributed by atoms with E-state index in [9.17, 15) is 4.79 Å². The first kappa shape index (κ1) is 14.5. The first-order chi connectivity index (χ1) is 11.2. The standard InChI is InChI=1S/C17H21N3O3/c1-11(12-2-3-12)15-18-16(23-19-15)13-4-7-20(8-5-13)17(21)14-6-9-22-10-14/h6,9-13H,2-5,7-8H2,1H3. The van der Waals surface area contributed by atoms with Gasteiger partial charge in [0, 0.05) is 24.9 Å². The van der Waals surface area contributed by atoms with Crippen LogP contribution in [-0.2, 0) is 0 Å². The molecule has 0 bridgehead atoms. The Morgan fingerprint density at radius 3 is 2.74 bits per heavy atom. The highest BCUT2D eigenvalue weighted by atomic mass is 16.5. The fourth-order valence-corrected chi connectivity index (χ4v) is 3.30. The zero-order chi connectivity index (χ0) is 15.8. The molecule has 4 rings (SSSR count). The van der Waals surface area contributed by atoms with Crippen LogP contribution in [0.15, 0.2) is 27.5 Å². The molecule has 0 radical (unpaired) electrons. The maximum atomic E-state index is 12.3. The van der Waals surface area contributed by atoms with E-state index >= 15 is 0 Å². The van der Waals surface area contributed by atoms with E-state index in [1.165, 1.54) is 25.4 Å². The van der Waals surface area contributed by atoms with Crippen molar-refractivity contribution in [1.82, 2.24) is 15.0 Å². The number of furan rings is 1. The van der Waals surface area contributed by atoms with Gasteiger partial charge in [0.05, 0.1) is 11.8 Å². The number of rotatable bonds is 4. The van der Waals surface area contributed by atoms with Gasteiger partial charge in [0.1, 0.15) is 6.26 Å². The lowest BCUT2D eigenvalue weighted by Gasteiger charge is -2.30. The topological polar surface area (TPSA) is 72.4 Å². The molecule has 0 aromatic carbocycles. The average molecular weight is 315 g/mol. The van der Waals surface area contributed by atoms with Crippen LogP contribution in [0.1, 0.15) is 66.5 Å². The number of piperidine rings is 1. The Balaban J connectivity index is 1.37. The van der Waals surface area contributed by atoms with Crippen LogP contribution < -0.4 is 0 Å². The van der Waals surface area contributed by atoms with Crippen molar-refractivity contribution in [2.75, 3.05) is 13.1 Å². The summed E-state index contributed by atoms with van der Waals surface area (Å²) in [6.45, 7) is 3.60. The molecule has 23 heavy (non-hydrogen) atoms. The molecule has 2 fully saturated rings. The Morgan fingerprint density at radius 2 is 2.09 bits per heavy atom. The van der Waals surface area contributed by atoms with Gasteiger partial charge in [-0.05, 0) is 37.7 Å². The molecule has 1 unspecified atom stereocenters. The van der Waals surface area contributed by atoms with Crippen molar-refractivity contribution in [2.45, 2.75) is 44.4 Å². The van der Waals surface area contributed by atoms with Crippen LogP contribution in [-0.4, -0.2) is 34.0 Å². The molecule has 2 aromatic rings. The Hall–Kier alpha value is -2.11. The molecule has 3 heterocycles. The second kappa shape index (κ2) is 5.83. The van der Waals surface area contributed by atoms with Gasteiger partial charge in [0.25, 0.3) is 5.91 Å². The second-order valence-corrected chi connectivity index (χ2v) is 6.70. The van der Waals surface area contributed by atoms with Crippen molar-refractivity contribution in [1.29, 1.82) is 0 Å². The summed E-state index contributed by atoms with van der Waals surface area (Å²) in [6.07, 6.45) is 7.31. The molecule has 1 saturated carbocycles. The maximum Gasteiger partial charge on any atom is 0.257 e. The summed E-state index contributed by atoms with van der Waals surface area (Å²) in [5.74, 6) is 3.01. The Bertz CT molecular complexity index is 667. The minimum absolute atomic E-state index is 0.0331. The molecule has 6 nitrogen and oxygen atoms in total. The third-order valence-corrected chi connectivity index (χ3v) is 5.09. The lowest BCUT2D eigenvalue weighted by atomic mass is 9.96. The van der Waals surface area contributed by atoms with Gasteiger partial charge in [-0.1, -0.05) is 12.1 Å². The van der Waals surface area contributed by atoms with E-state index in [1.807, 2.05) is 4.90 Å². The Labute approximate surface area is 134 Å². The van der Waals surface area contributed by atoms with E-state index in [0.29, 0.717) is 24.6 Å². The third-order valence-electron chi connectivity index (χ3n) is 5.09. The summed E-state index contributed by atoms with van der Waals surface area (Å²) in [5.41, 5.74) is 0.613. The molecule has 1 aliphatic carbocycles. The van der Waals surface area contributed by atoms with Crippen molar-refractivity contribution < 1.29 is 13.7 Å². The van der Waals surface area contributed by atoms with Crippen molar-refractivity contribution in [3.63, 3.8) is 0 Å². The number of carbonyl (C=O) groups is 1. The lowest BCUT2D eigenvalue weighted by Crippen LogP contribution is -2.37. The number of hydrogen-bond acceptors (Lipinski definition) is 5. The van der Waals surface area contributed by atoms with Crippen molar-refractivity contribution in [3.05, 3.63) is 35.9 Å². The molecule has 1 amide bonds. The van der Waals surface area contributed by atoms with Gasteiger partial charge in [-0.2, -0.15) is 4.98 Å². The Kier molecular flexibility index (Phi) is 3.67. The van der Waals surface area contributed by atoms with Crippen LogP contribution in [0.5, 0.6) is 0 Å². The van der Waals surface area contributed by atoms with Gasteiger partial charge < -0.3 is 13.8 Å². The maximum absolute atomic E-state index is 12.3. The van der Waals surface area contributed by atoms with E-state index in [-0.39, 0.29) is 11.8 Å². The lowest BCUT2D eigenvalue weighted by molar-refractivity contribution is 0.0704. The highest BCUT2D eigenvalue weighted by Gasteiger charge is 2.33. The fraction of sp³-hybridized carbons (Fsp3) is 0.588. The van der Waals surface area contributed by atoms with E-state index < -0.39 is 0 Å². The van der Waals surface area contributed by atoms with Gasteiger partial charge in [-0.25, -0.2) is 0 Å². The van der Waals surface area contributed by atoms with E-state index in [1.54, 1.807) is 6.07 Å². The van der Waals surface area contributed by atoms with Gasteiger partial charge >= 0.3 is 0 Å². The number of carbonyl (C=O) groups excluding carboxylic acids is 1. The van der Waals surface area contributed by atoms with E-state index in [4.69, 9.17) is 8.94 Å². The quantitative estimate of drug-likeness (QED) is 0.866. The van der Waals surface area contributed by atoms with Crippen LogP contribution in [0.25, 0.3) is 0 Å². The van der Waals surface area contributed by atoms with Crippen molar-refractivity contribution >= 4 is 5.91 Å². The molecule has 1 saturated heterocycles. The van der Waals surface area contributed by atoms with Gasteiger partial charge in [0.15, 0.2) is 5.82 Å². The molecule has 0 N–H and O–H groups in total. The zero-order valence-corrected chi connectivity index (χ0v) is 13.3. The third kappa shape index (κ3) is 2.90. The normalized spacial score (nSPS) is 20.7. The van der Waals surface area contributed by atoms with Gasteiger partial charge in [-0.15, -0.1) is 0 Å². The highest BCUT2D eigenvalue weighted by molar-refractivity contribution is 5.93. The monoisotopic (exact) mass is 315 g/mol. The molecule has 1 aliphatic heterocycles. The second-order valence-electron chi connectivity index (χ2n) is 6.70. The number of likely N-dealkylation sites (tertiary alicyclic amines) is 1. The highest BCUT2D eigenvalue weighted by Crippen LogP contribution is 2.41. The summed E-state index contributed by atoms with van der Waals surface area (Å²) in [7, 11) is 0. The molecule has 2 aromatic heterocycles. The summed E-state index contributed by atoms with van der Waals surface area (Å²) in [6, 6.07) is 1.71. The minimum Gasteiger partial charge on any atom is -0.472 e. The molecule has 6 heteroatoms. The molecule has 0 spiro atoms. The number of aromatic nitrogens is 2. The summed E-state index contributed by atoms with van der Waals surface area (Å²) in [4.78, 5) is 18.8. The molecular weight excluding hydrogens is 294 g/mol.